The molecule has 0 atom stereocenters. The molecule has 3 aromatic rings. The van der Waals surface area contributed by atoms with Crippen LogP contribution in [-0.2, 0) is 6.61 Å². The zero-order valence-corrected chi connectivity index (χ0v) is 14.2. The molecule has 0 heterocycles. The van der Waals surface area contributed by atoms with Gasteiger partial charge in [0.2, 0.25) is 11.7 Å². The first-order valence-electron chi connectivity index (χ1n) is 8.06. The molecular weight excluding hydrogens is 348 g/mol. The molecular formula is C20H16N2O5. The Balaban J connectivity index is 1.71. The van der Waals surface area contributed by atoms with Gasteiger partial charge in [0, 0.05) is 11.6 Å². The Hall–Kier alpha value is -3.87. The Morgan fingerprint density at radius 1 is 0.963 bits per heavy atom. The zero-order valence-electron chi connectivity index (χ0n) is 14.2. The molecule has 136 valence electrons. The lowest BCUT2D eigenvalue weighted by Gasteiger charge is -2.09. The van der Waals surface area contributed by atoms with Crippen molar-refractivity contribution in [2.75, 3.05) is 0 Å². The van der Waals surface area contributed by atoms with Gasteiger partial charge in [0.05, 0.1) is 4.92 Å². The Bertz CT molecular complexity index is 956. The van der Waals surface area contributed by atoms with E-state index in [-0.39, 0.29) is 17.0 Å². The van der Waals surface area contributed by atoms with Gasteiger partial charge in [0.1, 0.15) is 18.1 Å². The molecule has 7 nitrogen and oxygen atoms in total. The number of nitro benzene ring substituents is 1. The SMILES string of the molecule is NC(=O)c1ccc(Oc2ccc(OCc3ccccc3)cc2)c([N+](=O)[O-])c1. The maximum absolute atomic E-state index is 11.2. The maximum Gasteiger partial charge on any atom is 0.312 e. The summed E-state index contributed by atoms with van der Waals surface area (Å²) < 4.78 is 11.3. The van der Waals surface area contributed by atoms with Crippen LogP contribution in [-0.4, -0.2) is 10.8 Å². The summed E-state index contributed by atoms with van der Waals surface area (Å²) in [6, 6.07) is 20.3. The van der Waals surface area contributed by atoms with Crippen molar-refractivity contribution in [2.45, 2.75) is 6.61 Å². The number of primary amides is 1. The number of hydrogen-bond donors (Lipinski definition) is 1. The summed E-state index contributed by atoms with van der Waals surface area (Å²) in [5.41, 5.74) is 5.90. The minimum absolute atomic E-state index is 0.0166. The largest absolute Gasteiger partial charge is 0.489 e. The lowest BCUT2D eigenvalue weighted by atomic mass is 10.2. The van der Waals surface area contributed by atoms with Crippen LogP contribution in [0.5, 0.6) is 17.2 Å². The topological polar surface area (TPSA) is 105 Å². The molecule has 0 saturated heterocycles. The Morgan fingerprint density at radius 3 is 2.26 bits per heavy atom. The highest BCUT2D eigenvalue weighted by Gasteiger charge is 2.18. The van der Waals surface area contributed by atoms with Gasteiger partial charge < -0.3 is 15.2 Å². The standard InChI is InChI=1S/C20H16N2O5/c21-20(23)15-6-11-19(18(12-15)22(24)25)27-17-9-7-16(8-10-17)26-13-14-4-2-1-3-5-14/h1-12H,13H2,(H2,21,23). The number of benzene rings is 3. The van der Waals surface area contributed by atoms with Crippen molar-refractivity contribution in [3.63, 3.8) is 0 Å². The summed E-state index contributed by atoms with van der Waals surface area (Å²) >= 11 is 0. The van der Waals surface area contributed by atoms with Gasteiger partial charge in [-0.15, -0.1) is 0 Å². The molecule has 0 radical (unpaired) electrons. The van der Waals surface area contributed by atoms with Gasteiger partial charge >= 0.3 is 5.69 Å². The third-order valence-electron chi connectivity index (χ3n) is 3.74. The van der Waals surface area contributed by atoms with Crippen LogP contribution in [0, 0.1) is 10.1 Å². The van der Waals surface area contributed by atoms with E-state index in [9.17, 15) is 14.9 Å². The molecule has 3 aromatic carbocycles. The van der Waals surface area contributed by atoms with Crippen molar-refractivity contribution in [1.29, 1.82) is 0 Å². The molecule has 27 heavy (non-hydrogen) atoms. The van der Waals surface area contributed by atoms with E-state index in [0.717, 1.165) is 11.6 Å². The summed E-state index contributed by atoms with van der Waals surface area (Å²) in [5, 5.41) is 11.2. The lowest BCUT2D eigenvalue weighted by molar-refractivity contribution is -0.385. The van der Waals surface area contributed by atoms with E-state index >= 15 is 0 Å². The van der Waals surface area contributed by atoms with Gasteiger partial charge in [0.15, 0.2) is 0 Å². The first-order chi connectivity index (χ1) is 13.0. The highest BCUT2D eigenvalue weighted by Crippen LogP contribution is 2.32. The molecule has 0 aliphatic rings. The zero-order chi connectivity index (χ0) is 19.2. The van der Waals surface area contributed by atoms with Gasteiger partial charge in [-0.3, -0.25) is 14.9 Å². The molecule has 0 bridgehead atoms. The van der Waals surface area contributed by atoms with Crippen molar-refractivity contribution < 1.29 is 19.2 Å². The summed E-state index contributed by atoms with van der Waals surface area (Å²) in [5.74, 6) is 0.314. The second-order valence-corrected chi connectivity index (χ2v) is 5.65. The van der Waals surface area contributed by atoms with Crippen LogP contribution >= 0.6 is 0 Å². The monoisotopic (exact) mass is 364 g/mol. The van der Waals surface area contributed by atoms with Gasteiger partial charge in [-0.1, -0.05) is 30.3 Å². The second-order valence-electron chi connectivity index (χ2n) is 5.65. The van der Waals surface area contributed by atoms with Crippen molar-refractivity contribution in [3.05, 3.63) is 94.0 Å². The van der Waals surface area contributed by atoms with E-state index in [2.05, 4.69) is 0 Å². The molecule has 0 aliphatic carbocycles. The Labute approximate surface area is 155 Å². The fraction of sp³-hybridized carbons (Fsp3) is 0.0500. The van der Waals surface area contributed by atoms with E-state index in [1.165, 1.54) is 12.1 Å². The van der Waals surface area contributed by atoms with Gasteiger partial charge in [0.25, 0.3) is 0 Å². The number of nitrogens with two attached hydrogens (primary N) is 1. The molecule has 0 saturated carbocycles. The molecule has 3 rings (SSSR count). The molecule has 7 heteroatoms. The molecule has 0 aromatic heterocycles. The van der Waals surface area contributed by atoms with Crippen LogP contribution < -0.4 is 15.2 Å². The smallest absolute Gasteiger partial charge is 0.312 e. The molecule has 2 N–H and O–H groups in total. The average Bonchev–Trinajstić information content (AvgIpc) is 2.68. The molecule has 0 unspecified atom stereocenters. The van der Waals surface area contributed by atoms with Crippen LogP contribution in [0.25, 0.3) is 0 Å². The van der Waals surface area contributed by atoms with Crippen LogP contribution in [0.1, 0.15) is 15.9 Å². The second kappa shape index (κ2) is 8.01. The van der Waals surface area contributed by atoms with Crippen LogP contribution in [0.3, 0.4) is 0 Å². The number of carbonyl (C=O) groups excluding carboxylic acids is 1. The van der Waals surface area contributed by atoms with Crippen molar-refractivity contribution in [3.8, 4) is 17.2 Å². The number of ether oxygens (including phenoxy) is 2. The number of amides is 1. The van der Waals surface area contributed by atoms with E-state index in [1.54, 1.807) is 24.3 Å². The van der Waals surface area contributed by atoms with E-state index < -0.39 is 10.8 Å². The fourth-order valence-electron chi connectivity index (χ4n) is 2.37. The number of rotatable bonds is 7. The van der Waals surface area contributed by atoms with Gasteiger partial charge in [-0.25, -0.2) is 0 Å². The average molecular weight is 364 g/mol. The molecule has 0 aliphatic heterocycles. The molecule has 1 amide bonds. The third kappa shape index (κ3) is 4.60. The van der Waals surface area contributed by atoms with Crippen LogP contribution in [0.4, 0.5) is 5.69 Å². The molecule has 0 spiro atoms. The highest BCUT2D eigenvalue weighted by atomic mass is 16.6. The summed E-state index contributed by atoms with van der Waals surface area (Å²) in [6.45, 7) is 0.432. The minimum Gasteiger partial charge on any atom is -0.489 e. The van der Waals surface area contributed by atoms with Gasteiger partial charge in [-0.05, 0) is 42.0 Å². The number of hydrogen-bond acceptors (Lipinski definition) is 5. The summed E-state index contributed by atoms with van der Waals surface area (Å²) in [6.07, 6.45) is 0. The quantitative estimate of drug-likeness (QED) is 0.503. The van der Waals surface area contributed by atoms with Crippen LogP contribution in [0.15, 0.2) is 72.8 Å². The van der Waals surface area contributed by atoms with Crippen molar-refractivity contribution in [2.24, 2.45) is 5.73 Å². The Morgan fingerprint density at radius 2 is 1.63 bits per heavy atom. The lowest BCUT2D eigenvalue weighted by Crippen LogP contribution is -2.11. The number of nitro groups is 1. The summed E-state index contributed by atoms with van der Waals surface area (Å²) in [7, 11) is 0. The maximum atomic E-state index is 11.2. The first kappa shape index (κ1) is 17.9. The minimum atomic E-state index is -0.746. The fourth-order valence-corrected chi connectivity index (χ4v) is 2.37. The van der Waals surface area contributed by atoms with E-state index in [4.69, 9.17) is 15.2 Å². The first-order valence-corrected chi connectivity index (χ1v) is 8.06. The van der Waals surface area contributed by atoms with Gasteiger partial charge in [-0.2, -0.15) is 0 Å². The summed E-state index contributed by atoms with van der Waals surface area (Å²) in [4.78, 5) is 21.8. The highest BCUT2D eigenvalue weighted by molar-refractivity contribution is 5.93. The predicted octanol–water partition coefficient (Wildman–Crippen LogP) is 4.07. The van der Waals surface area contributed by atoms with E-state index in [0.29, 0.717) is 18.1 Å². The Kier molecular flexibility index (Phi) is 5.32. The normalized spacial score (nSPS) is 10.2. The number of carbonyl (C=O) groups is 1. The van der Waals surface area contributed by atoms with Crippen molar-refractivity contribution >= 4 is 11.6 Å². The molecule has 0 fully saturated rings. The predicted molar refractivity (Wildman–Crippen MR) is 98.9 cm³/mol. The third-order valence-corrected chi connectivity index (χ3v) is 3.74. The van der Waals surface area contributed by atoms with Crippen molar-refractivity contribution in [1.82, 2.24) is 0 Å². The number of nitrogens with zero attached hydrogens (tertiary/aromatic N) is 1. The van der Waals surface area contributed by atoms with Crippen LogP contribution in [0.2, 0.25) is 0 Å². The van der Waals surface area contributed by atoms with E-state index in [1.807, 2.05) is 30.3 Å².